The number of allylic oxidation sites excluding steroid dienone is 2. The molecule has 0 aromatic heterocycles. The predicted molar refractivity (Wildman–Crippen MR) is 387 cm³/mol. The van der Waals surface area contributed by atoms with E-state index in [1.54, 1.807) is 77.4 Å². The third kappa shape index (κ3) is 27.2. The van der Waals surface area contributed by atoms with Crippen LogP contribution < -0.4 is 14.2 Å². The van der Waals surface area contributed by atoms with Gasteiger partial charge in [-0.1, -0.05) is 96.0 Å². The van der Waals surface area contributed by atoms with E-state index in [0.29, 0.717) is 90.0 Å². The van der Waals surface area contributed by atoms with E-state index in [1.807, 2.05) is 91.9 Å². The topological polar surface area (TPSA) is 211 Å². The van der Waals surface area contributed by atoms with Crippen molar-refractivity contribution in [1.82, 2.24) is 9.80 Å². The molecule has 2 amide bonds. The molecule has 2 saturated heterocycles. The fraction of sp³-hybridized carbons (Fsp3) is 0.421. The number of halogens is 6. The lowest BCUT2D eigenvalue weighted by molar-refractivity contribution is -0.142. The SMILES string of the molecule is CC1=C(C(=O)O)[C@H](c2ccc(Cl)cc2)CC(=O)N1C[C@H]1CCCO1.CC1=C(C(=O)OCc2ccc(OCCCCCl)cc2)[C@H](c2ccc(Cl)cc2)CC(=O)N1C[C@H]1CCCO1.ClCCCCOc1ccc(CCl)cc1.OCc1ccc(O)cc1.OCc1ccc(OCCCCCl)cc1. The van der Waals surface area contributed by atoms with Gasteiger partial charge in [-0.15, -0.1) is 46.4 Å². The summed E-state index contributed by atoms with van der Waals surface area (Å²) in [5.74, 6) is 2.95. The summed E-state index contributed by atoms with van der Waals surface area (Å²) in [7, 11) is 0. The van der Waals surface area contributed by atoms with Gasteiger partial charge in [-0.2, -0.15) is 0 Å². The Labute approximate surface area is 606 Å². The maximum absolute atomic E-state index is 13.5. The van der Waals surface area contributed by atoms with Gasteiger partial charge in [-0.25, -0.2) is 9.59 Å². The zero-order valence-corrected chi connectivity index (χ0v) is 60.1. The van der Waals surface area contributed by atoms with Crippen molar-refractivity contribution in [2.45, 2.75) is 141 Å². The lowest BCUT2D eigenvalue weighted by atomic mass is 9.83. The maximum atomic E-state index is 13.5. The minimum absolute atomic E-state index is 0.00831. The molecule has 4 aliphatic heterocycles. The number of phenolic OH excluding ortho intramolecular Hbond substituents is 1. The molecule has 530 valence electrons. The molecule has 6 aromatic carbocycles. The molecule has 0 radical (unpaired) electrons. The van der Waals surface area contributed by atoms with Gasteiger partial charge in [-0.05, 0) is 184 Å². The summed E-state index contributed by atoms with van der Waals surface area (Å²) in [6.07, 6.45) is 9.86. The number of benzene rings is 6. The second-order valence-corrected chi connectivity index (χ2v) is 25.8. The lowest BCUT2D eigenvalue weighted by Crippen LogP contribution is -2.42. The number of carboxylic acid groups (broad SMARTS) is 1. The van der Waals surface area contributed by atoms with Crippen LogP contribution in [0.1, 0.15) is 136 Å². The van der Waals surface area contributed by atoms with E-state index in [4.69, 9.17) is 113 Å². The highest BCUT2D eigenvalue weighted by atomic mass is 35.5. The number of phenols is 1. The molecule has 16 nitrogen and oxygen atoms in total. The molecule has 4 heterocycles. The van der Waals surface area contributed by atoms with Crippen LogP contribution in [0.25, 0.3) is 0 Å². The Balaban J connectivity index is 0.000000212. The van der Waals surface area contributed by atoms with Crippen LogP contribution in [-0.2, 0) is 59.1 Å². The second-order valence-electron chi connectivity index (χ2n) is 23.6. The zero-order chi connectivity index (χ0) is 70.6. The van der Waals surface area contributed by atoms with Gasteiger partial charge in [0.15, 0.2) is 0 Å². The monoisotopic (exact) mass is 1460 g/mol. The van der Waals surface area contributed by atoms with E-state index in [1.165, 1.54) is 0 Å². The number of hydrogen-bond acceptors (Lipinski definition) is 13. The quantitative estimate of drug-likeness (QED) is 0.0205. The van der Waals surface area contributed by atoms with Crippen LogP contribution in [0.15, 0.2) is 168 Å². The van der Waals surface area contributed by atoms with E-state index in [-0.39, 0.29) is 68.0 Å². The van der Waals surface area contributed by atoms with Gasteiger partial charge in [0, 0.05) is 82.9 Å². The van der Waals surface area contributed by atoms with Crippen LogP contribution in [0.2, 0.25) is 10.0 Å². The number of alkyl halides is 4. The fourth-order valence-electron chi connectivity index (χ4n) is 11.0. The molecule has 0 spiro atoms. The second kappa shape index (κ2) is 44.6. The summed E-state index contributed by atoms with van der Waals surface area (Å²) in [5, 5.41) is 37.0. The molecule has 0 bridgehead atoms. The molecule has 0 saturated carbocycles. The van der Waals surface area contributed by atoms with Gasteiger partial charge in [-0.3, -0.25) is 9.59 Å². The van der Waals surface area contributed by atoms with E-state index in [2.05, 4.69) is 0 Å². The van der Waals surface area contributed by atoms with Gasteiger partial charge in [0.1, 0.15) is 29.6 Å². The van der Waals surface area contributed by atoms with Gasteiger partial charge in [0.25, 0.3) is 0 Å². The standard InChI is InChI=1S/C29H33Cl2NO5.C18H20ClNO4.C11H14Cl2O.C11H15ClO2.C7H8O2/c1-20-28(29(34)37-19-21-6-12-24(13-7-21)35-15-3-2-14-30)26(22-8-10-23(31)11-9-22)17-27(33)32(20)18-25-5-4-16-36-25;1-11-17(18(22)23)15(12-4-6-13(19)7-5-12)9-16(21)20(11)10-14-3-2-8-24-14;2*12-7-1-2-8-14-11-5-3-10(9-13)4-6-11;8-5-6-1-3-7(9)4-2-6/h6-13,25-26H,2-5,14-19H2,1H3;4-7,14-15H,2-3,8-10H2,1H3,(H,22,23);3-6H,1-2,7-9H2;3-6,13H,1-2,7-9H2;1-4,8-9H,5H2/t25-,26+;14-,15+;;;/m11.../s1. The van der Waals surface area contributed by atoms with Crippen LogP contribution >= 0.6 is 69.6 Å². The van der Waals surface area contributed by atoms with Crippen LogP contribution in [0.3, 0.4) is 0 Å². The number of esters is 1. The van der Waals surface area contributed by atoms with Gasteiger partial charge in [0.2, 0.25) is 11.8 Å². The maximum Gasteiger partial charge on any atom is 0.336 e. The molecular formula is C76H90Cl6N2O14. The van der Waals surface area contributed by atoms with Gasteiger partial charge < -0.3 is 58.6 Å². The van der Waals surface area contributed by atoms with Gasteiger partial charge in [0.05, 0.1) is 69.5 Å². The number of amides is 2. The van der Waals surface area contributed by atoms with Crippen molar-refractivity contribution < 1.29 is 68.0 Å². The van der Waals surface area contributed by atoms with E-state index in [9.17, 15) is 24.3 Å². The first-order chi connectivity index (χ1) is 47.5. The molecule has 10 rings (SSSR count). The zero-order valence-electron chi connectivity index (χ0n) is 55.6. The van der Waals surface area contributed by atoms with Crippen molar-refractivity contribution in [1.29, 1.82) is 0 Å². The predicted octanol–water partition coefficient (Wildman–Crippen LogP) is 16.7. The number of rotatable bonds is 28. The Morgan fingerprint density at radius 1 is 0.500 bits per heavy atom. The summed E-state index contributed by atoms with van der Waals surface area (Å²) in [6.45, 7) is 8.07. The number of aliphatic hydroxyl groups is 2. The first kappa shape index (κ1) is 80.4. The molecule has 2 fully saturated rings. The van der Waals surface area contributed by atoms with Crippen LogP contribution in [0.4, 0.5) is 0 Å². The smallest absolute Gasteiger partial charge is 0.336 e. The van der Waals surface area contributed by atoms with E-state index in [0.717, 1.165) is 121 Å². The van der Waals surface area contributed by atoms with E-state index >= 15 is 0 Å². The summed E-state index contributed by atoms with van der Waals surface area (Å²) in [6, 6.07) is 43.5. The largest absolute Gasteiger partial charge is 0.508 e. The van der Waals surface area contributed by atoms with Crippen molar-refractivity contribution in [2.75, 3.05) is 63.8 Å². The van der Waals surface area contributed by atoms with Crippen LogP contribution in [-0.4, -0.2) is 130 Å². The molecule has 4 aliphatic rings. The van der Waals surface area contributed by atoms with Crippen molar-refractivity contribution in [3.8, 4) is 23.0 Å². The number of hydrogen-bond donors (Lipinski definition) is 4. The summed E-state index contributed by atoms with van der Waals surface area (Å²) in [5.41, 5.74) is 7.23. The summed E-state index contributed by atoms with van der Waals surface area (Å²) in [4.78, 5) is 54.4. The molecule has 22 heteroatoms. The summed E-state index contributed by atoms with van der Waals surface area (Å²) >= 11 is 34.5. The number of nitrogens with zero attached hydrogens (tertiary/aromatic N) is 2. The van der Waals surface area contributed by atoms with Crippen molar-refractivity contribution in [3.05, 3.63) is 212 Å². The molecule has 4 atom stereocenters. The Hall–Kier alpha value is -6.54. The number of carbonyl (C=O) groups excluding carboxylic acids is 3. The molecule has 4 N–H and O–H groups in total. The number of aliphatic hydroxyl groups excluding tert-OH is 2. The Bertz CT molecular complexity index is 3350. The fourth-order valence-corrected chi connectivity index (χ4v) is 12.0. The average molecular weight is 1470 g/mol. The molecule has 98 heavy (non-hydrogen) atoms. The number of carbonyl (C=O) groups is 4. The van der Waals surface area contributed by atoms with Crippen molar-refractivity contribution in [2.24, 2.45) is 0 Å². The Morgan fingerprint density at radius 2 is 0.867 bits per heavy atom. The number of aliphatic carboxylic acids is 1. The molecule has 0 aliphatic carbocycles. The van der Waals surface area contributed by atoms with Crippen LogP contribution in [0.5, 0.6) is 23.0 Å². The Morgan fingerprint density at radius 3 is 1.22 bits per heavy atom. The third-order valence-corrected chi connectivity index (χ3v) is 18.1. The first-order valence-electron chi connectivity index (χ1n) is 33.0. The number of aromatic hydroxyl groups is 1. The first-order valence-corrected chi connectivity index (χ1v) is 35.9. The highest BCUT2D eigenvalue weighted by Gasteiger charge is 2.39. The Kier molecular flexibility index (Phi) is 36.6. The third-order valence-electron chi connectivity index (χ3n) is 16.4. The molecule has 6 aromatic rings. The molecule has 0 unspecified atom stereocenters. The minimum Gasteiger partial charge on any atom is -0.508 e. The average Bonchev–Trinajstić information content (AvgIpc) is 0.894. The van der Waals surface area contributed by atoms with Crippen molar-refractivity contribution in [3.63, 3.8) is 0 Å². The number of ether oxygens (including phenoxy) is 6. The highest BCUT2D eigenvalue weighted by molar-refractivity contribution is 6.30. The minimum atomic E-state index is -0.989. The highest BCUT2D eigenvalue weighted by Crippen LogP contribution is 2.40. The van der Waals surface area contributed by atoms with Gasteiger partial charge >= 0.3 is 11.9 Å². The molecular weight excluding hydrogens is 1380 g/mol. The number of unbranched alkanes of at least 4 members (excludes halogenated alkanes) is 3. The van der Waals surface area contributed by atoms with Crippen LogP contribution in [0, 0.1) is 0 Å². The van der Waals surface area contributed by atoms with E-state index < -0.39 is 23.8 Å². The lowest BCUT2D eigenvalue weighted by Gasteiger charge is -2.35. The summed E-state index contributed by atoms with van der Waals surface area (Å²) < 4.78 is 33.8. The normalized spacial score (nSPS) is 17.3. The number of carboxylic acids is 1. The van der Waals surface area contributed by atoms with Crippen molar-refractivity contribution >= 4 is 93.4 Å².